The standard InChI is InChI=1S/C12H14FN3O3S/c1-8-11(13)4-9(15)5-12(8)20(17,18)16-2-3-19-10(6-14)7-16/h4-5,10H,2-3,7,15H2,1H3. The highest BCUT2D eigenvalue weighted by Crippen LogP contribution is 2.26. The maximum atomic E-state index is 13.6. The van der Waals surface area contributed by atoms with E-state index in [1.807, 2.05) is 6.07 Å². The average Bonchev–Trinajstić information content (AvgIpc) is 2.42. The first-order valence-electron chi connectivity index (χ1n) is 5.93. The molecule has 0 aliphatic carbocycles. The summed E-state index contributed by atoms with van der Waals surface area (Å²) in [6.07, 6.45) is -0.815. The Hall–Kier alpha value is -1.69. The van der Waals surface area contributed by atoms with Gasteiger partial charge in [0, 0.05) is 17.8 Å². The summed E-state index contributed by atoms with van der Waals surface area (Å²) in [7, 11) is -3.90. The highest BCUT2D eigenvalue weighted by Gasteiger charge is 2.32. The number of hydrogen-bond donors (Lipinski definition) is 1. The lowest BCUT2D eigenvalue weighted by Crippen LogP contribution is -2.45. The number of nitriles is 1. The summed E-state index contributed by atoms with van der Waals surface area (Å²) in [4.78, 5) is -0.173. The second kappa shape index (κ2) is 5.36. The third-order valence-corrected chi connectivity index (χ3v) is 5.10. The van der Waals surface area contributed by atoms with Crippen LogP contribution in [-0.4, -0.2) is 38.5 Å². The third kappa shape index (κ3) is 2.60. The van der Waals surface area contributed by atoms with E-state index in [0.717, 1.165) is 10.4 Å². The quantitative estimate of drug-likeness (QED) is 0.808. The maximum absolute atomic E-state index is 13.6. The van der Waals surface area contributed by atoms with Crippen molar-refractivity contribution in [3.05, 3.63) is 23.5 Å². The fourth-order valence-electron chi connectivity index (χ4n) is 2.00. The van der Waals surface area contributed by atoms with Crippen molar-refractivity contribution in [2.45, 2.75) is 17.9 Å². The molecular formula is C12H14FN3O3S. The molecule has 0 saturated carbocycles. The molecule has 1 aromatic rings. The van der Waals surface area contributed by atoms with Gasteiger partial charge in [-0.1, -0.05) is 0 Å². The number of halogens is 1. The van der Waals surface area contributed by atoms with E-state index in [4.69, 9.17) is 15.7 Å². The second-order valence-corrected chi connectivity index (χ2v) is 6.38. The molecule has 1 fully saturated rings. The van der Waals surface area contributed by atoms with Crippen LogP contribution in [-0.2, 0) is 14.8 Å². The minimum absolute atomic E-state index is 0.0131. The largest absolute Gasteiger partial charge is 0.399 e. The van der Waals surface area contributed by atoms with Gasteiger partial charge in [0.25, 0.3) is 0 Å². The molecule has 1 unspecified atom stereocenters. The molecule has 0 bridgehead atoms. The average molecular weight is 299 g/mol. The van der Waals surface area contributed by atoms with Gasteiger partial charge < -0.3 is 10.5 Å². The summed E-state index contributed by atoms with van der Waals surface area (Å²) >= 11 is 0. The van der Waals surface area contributed by atoms with Crippen LogP contribution in [0.5, 0.6) is 0 Å². The number of benzene rings is 1. The molecule has 2 rings (SSSR count). The van der Waals surface area contributed by atoms with Crippen molar-refractivity contribution in [3.8, 4) is 6.07 Å². The van der Waals surface area contributed by atoms with E-state index in [1.54, 1.807) is 0 Å². The lowest BCUT2D eigenvalue weighted by Gasteiger charge is -2.29. The van der Waals surface area contributed by atoms with Crippen LogP contribution >= 0.6 is 0 Å². The number of sulfonamides is 1. The number of hydrogen-bond acceptors (Lipinski definition) is 5. The number of anilines is 1. The third-order valence-electron chi connectivity index (χ3n) is 3.11. The Bertz CT molecular complexity index is 669. The van der Waals surface area contributed by atoms with E-state index in [-0.39, 0.29) is 35.8 Å². The predicted molar refractivity (Wildman–Crippen MR) is 69.7 cm³/mol. The number of nitrogen functional groups attached to an aromatic ring is 1. The SMILES string of the molecule is Cc1c(F)cc(N)cc1S(=O)(=O)N1CCOC(C#N)C1. The van der Waals surface area contributed by atoms with Gasteiger partial charge in [-0.05, 0) is 19.1 Å². The number of rotatable bonds is 2. The zero-order chi connectivity index (χ0) is 14.9. The summed E-state index contributed by atoms with van der Waals surface area (Å²) < 4.78 is 44.9. The molecule has 1 atom stereocenters. The molecule has 108 valence electrons. The Kier molecular flexibility index (Phi) is 3.94. The van der Waals surface area contributed by atoms with Gasteiger partial charge in [-0.15, -0.1) is 0 Å². The van der Waals surface area contributed by atoms with Crippen LogP contribution in [0.15, 0.2) is 17.0 Å². The molecule has 6 nitrogen and oxygen atoms in total. The summed E-state index contributed by atoms with van der Waals surface area (Å²) in [6, 6.07) is 4.17. The first-order valence-corrected chi connectivity index (χ1v) is 7.37. The minimum atomic E-state index is -3.90. The van der Waals surface area contributed by atoms with E-state index in [9.17, 15) is 12.8 Å². The highest BCUT2D eigenvalue weighted by molar-refractivity contribution is 7.89. The first-order chi connectivity index (χ1) is 9.36. The van der Waals surface area contributed by atoms with Gasteiger partial charge in [0.15, 0.2) is 6.10 Å². The fourth-order valence-corrected chi connectivity index (χ4v) is 3.70. The van der Waals surface area contributed by atoms with Gasteiger partial charge in [0.05, 0.1) is 24.1 Å². The van der Waals surface area contributed by atoms with E-state index in [0.29, 0.717) is 0 Å². The molecule has 0 aromatic heterocycles. The van der Waals surface area contributed by atoms with E-state index in [1.165, 1.54) is 13.0 Å². The van der Waals surface area contributed by atoms with Crippen LogP contribution in [0.3, 0.4) is 0 Å². The zero-order valence-electron chi connectivity index (χ0n) is 10.8. The predicted octanol–water partition coefficient (Wildman–Crippen LogP) is 0.629. The maximum Gasteiger partial charge on any atom is 0.243 e. The molecule has 0 amide bonds. The minimum Gasteiger partial charge on any atom is -0.399 e. The Labute approximate surface area is 116 Å². The Morgan fingerprint density at radius 3 is 2.90 bits per heavy atom. The monoisotopic (exact) mass is 299 g/mol. The summed E-state index contributed by atoms with van der Waals surface area (Å²) in [5.41, 5.74) is 5.56. The van der Waals surface area contributed by atoms with Crippen molar-refractivity contribution in [2.24, 2.45) is 0 Å². The van der Waals surface area contributed by atoms with Crippen molar-refractivity contribution in [1.29, 1.82) is 5.26 Å². The molecule has 1 saturated heterocycles. The zero-order valence-corrected chi connectivity index (χ0v) is 11.7. The topological polar surface area (TPSA) is 96.4 Å². The summed E-state index contributed by atoms with van der Waals surface area (Å²) in [5, 5.41) is 8.81. The molecular weight excluding hydrogens is 285 g/mol. The van der Waals surface area contributed by atoms with Crippen molar-refractivity contribution in [2.75, 3.05) is 25.4 Å². The molecule has 8 heteroatoms. The van der Waals surface area contributed by atoms with Gasteiger partial charge in [0.1, 0.15) is 5.82 Å². The van der Waals surface area contributed by atoms with Crippen LogP contribution < -0.4 is 5.73 Å². The molecule has 1 aliphatic rings. The van der Waals surface area contributed by atoms with E-state index in [2.05, 4.69) is 0 Å². The normalized spacial score (nSPS) is 20.6. The Morgan fingerprint density at radius 2 is 2.25 bits per heavy atom. The van der Waals surface area contributed by atoms with Crippen LogP contribution in [0.25, 0.3) is 0 Å². The van der Waals surface area contributed by atoms with Gasteiger partial charge in [-0.25, -0.2) is 12.8 Å². The second-order valence-electron chi connectivity index (χ2n) is 4.48. The van der Waals surface area contributed by atoms with Crippen LogP contribution in [0, 0.1) is 24.1 Å². The lowest BCUT2D eigenvalue weighted by molar-refractivity contribution is 0.0311. The van der Waals surface area contributed by atoms with Crippen molar-refractivity contribution >= 4 is 15.7 Å². The molecule has 0 spiro atoms. The Morgan fingerprint density at radius 1 is 1.55 bits per heavy atom. The number of ether oxygens (including phenoxy) is 1. The molecule has 1 aliphatic heterocycles. The van der Waals surface area contributed by atoms with Crippen LogP contribution in [0.2, 0.25) is 0 Å². The first kappa shape index (κ1) is 14.7. The van der Waals surface area contributed by atoms with Crippen LogP contribution in [0.4, 0.5) is 10.1 Å². The Balaban J connectivity index is 2.43. The van der Waals surface area contributed by atoms with Gasteiger partial charge >= 0.3 is 0 Å². The molecule has 20 heavy (non-hydrogen) atoms. The fraction of sp³-hybridized carbons (Fsp3) is 0.417. The number of nitrogens with two attached hydrogens (primary N) is 1. The number of morpholine rings is 1. The lowest BCUT2D eigenvalue weighted by atomic mass is 10.2. The molecule has 2 N–H and O–H groups in total. The van der Waals surface area contributed by atoms with Crippen molar-refractivity contribution in [1.82, 2.24) is 4.31 Å². The van der Waals surface area contributed by atoms with Gasteiger partial charge in [-0.3, -0.25) is 0 Å². The number of nitrogens with zero attached hydrogens (tertiary/aromatic N) is 2. The van der Waals surface area contributed by atoms with E-state index < -0.39 is 21.9 Å². The summed E-state index contributed by atoms with van der Waals surface area (Å²) in [6.45, 7) is 1.55. The molecule has 0 radical (unpaired) electrons. The molecule has 1 heterocycles. The summed E-state index contributed by atoms with van der Waals surface area (Å²) in [5.74, 6) is -0.673. The van der Waals surface area contributed by atoms with Gasteiger partial charge in [-0.2, -0.15) is 9.57 Å². The highest BCUT2D eigenvalue weighted by atomic mass is 32.2. The van der Waals surface area contributed by atoms with Crippen molar-refractivity contribution in [3.63, 3.8) is 0 Å². The van der Waals surface area contributed by atoms with E-state index >= 15 is 0 Å². The molecule has 1 aromatic carbocycles. The van der Waals surface area contributed by atoms with Crippen LogP contribution in [0.1, 0.15) is 5.56 Å². The van der Waals surface area contributed by atoms with Crippen molar-refractivity contribution < 1.29 is 17.5 Å². The van der Waals surface area contributed by atoms with Gasteiger partial charge in [0.2, 0.25) is 10.0 Å². The smallest absolute Gasteiger partial charge is 0.243 e.